The van der Waals surface area contributed by atoms with Crippen LogP contribution < -0.4 is 9.04 Å². The number of carbonyl (C=O) groups is 2. The van der Waals surface area contributed by atoms with Gasteiger partial charge in [0.25, 0.3) is 0 Å². The number of amides is 2. The zero-order valence-electron chi connectivity index (χ0n) is 16.9. The molecule has 162 valence electrons. The summed E-state index contributed by atoms with van der Waals surface area (Å²) in [6, 6.07) is 3.55. The molecule has 2 rings (SSSR count). The van der Waals surface area contributed by atoms with E-state index in [4.69, 9.17) is 21.1 Å². The monoisotopic (exact) mass is 447 g/mol. The van der Waals surface area contributed by atoms with Crippen LogP contribution in [-0.4, -0.2) is 82.4 Å². The molecule has 2 amide bonds. The Balaban J connectivity index is 2.23. The van der Waals surface area contributed by atoms with E-state index in [-0.39, 0.29) is 37.0 Å². The lowest BCUT2D eigenvalue weighted by molar-refractivity contribution is -0.133. The number of hydrogen-bond acceptors (Lipinski definition) is 6. The lowest BCUT2D eigenvalue weighted by Gasteiger charge is -2.37. The van der Waals surface area contributed by atoms with Crippen LogP contribution in [0, 0.1) is 0 Å². The highest BCUT2D eigenvalue weighted by molar-refractivity contribution is 7.92. The first kappa shape index (κ1) is 23.1. The van der Waals surface area contributed by atoms with Gasteiger partial charge in [0.2, 0.25) is 15.9 Å². The Kier molecular flexibility index (Phi) is 7.59. The molecule has 1 aliphatic rings. The van der Waals surface area contributed by atoms with Crippen LogP contribution in [0.5, 0.6) is 5.75 Å². The van der Waals surface area contributed by atoms with Crippen molar-refractivity contribution in [3.05, 3.63) is 23.2 Å². The van der Waals surface area contributed by atoms with Crippen molar-refractivity contribution < 1.29 is 27.5 Å². The number of carbonyl (C=O) groups excluding carboxylic acids is 2. The van der Waals surface area contributed by atoms with Crippen LogP contribution >= 0.6 is 11.6 Å². The van der Waals surface area contributed by atoms with E-state index in [1.165, 1.54) is 29.9 Å². The van der Waals surface area contributed by atoms with Gasteiger partial charge < -0.3 is 19.3 Å². The first-order valence-corrected chi connectivity index (χ1v) is 11.4. The lowest BCUT2D eigenvalue weighted by atomic mass is 10.2. The maximum atomic E-state index is 13.1. The number of hydrogen-bond donors (Lipinski definition) is 0. The van der Waals surface area contributed by atoms with Crippen molar-refractivity contribution >= 4 is 39.3 Å². The Morgan fingerprint density at radius 3 is 2.31 bits per heavy atom. The quantitative estimate of drug-likeness (QED) is 0.659. The minimum absolute atomic E-state index is 0.188. The number of piperazine rings is 1. The predicted molar refractivity (Wildman–Crippen MR) is 110 cm³/mol. The summed E-state index contributed by atoms with van der Waals surface area (Å²) in [5.41, 5.74) is 0.188. The number of rotatable bonds is 6. The molecular weight excluding hydrogens is 422 g/mol. The zero-order valence-corrected chi connectivity index (χ0v) is 18.5. The van der Waals surface area contributed by atoms with Gasteiger partial charge in [-0.15, -0.1) is 0 Å². The lowest BCUT2D eigenvalue weighted by Crippen LogP contribution is -2.56. The Bertz CT molecular complexity index is 855. The first-order valence-electron chi connectivity index (χ1n) is 9.13. The van der Waals surface area contributed by atoms with Gasteiger partial charge in [-0.05, 0) is 32.0 Å². The number of benzene rings is 1. The van der Waals surface area contributed by atoms with E-state index in [0.29, 0.717) is 18.1 Å². The number of ether oxygens (including phenoxy) is 2. The van der Waals surface area contributed by atoms with Gasteiger partial charge in [0.05, 0.1) is 25.7 Å². The minimum atomic E-state index is -3.82. The van der Waals surface area contributed by atoms with E-state index in [1.807, 2.05) is 0 Å². The van der Waals surface area contributed by atoms with Crippen LogP contribution in [0.1, 0.15) is 13.8 Å². The van der Waals surface area contributed by atoms with Crippen LogP contribution in [-0.2, 0) is 19.6 Å². The molecule has 0 unspecified atom stereocenters. The molecule has 9 nitrogen and oxygen atoms in total. The third-order valence-corrected chi connectivity index (χ3v) is 6.02. The number of anilines is 1. The summed E-state index contributed by atoms with van der Waals surface area (Å²) in [5, 5.41) is 0.317. The maximum absolute atomic E-state index is 13.1. The van der Waals surface area contributed by atoms with Gasteiger partial charge >= 0.3 is 6.09 Å². The molecule has 0 aliphatic carbocycles. The molecule has 0 bridgehead atoms. The van der Waals surface area contributed by atoms with E-state index in [0.717, 1.165) is 10.6 Å². The molecular formula is C18H26ClN3O6S. The molecule has 0 aromatic heterocycles. The van der Waals surface area contributed by atoms with E-state index in [1.54, 1.807) is 19.1 Å². The molecule has 11 heteroatoms. The minimum Gasteiger partial charge on any atom is -0.495 e. The second kappa shape index (κ2) is 9.53. The average Bonchev–Trinajstić information content (AvgIpc) is 2.67. The van der Waals surface area contributed by atoms with Gasteiger partial charge in [0.15, 0.2) is 0 Å². The average molecular weight is 448 g/mol. The van der Waals surface area contributed by atoms with Gasteiger partial charge in [0.1, 0.15) is 11.8 Å². The van der Waals surface area contributed by atoms with Crippen LogP contribution in [0.3, 0.4) is 0 Å². The largest absolute Gasteiger partial charge is 0.495 e. The molecule has 1 aliphatic heterocycles. The van der Waals surface area contributed by atoms with E-state index in [9.17, 15) is 18.0 Å². The Hall–Kier alpha value is -2.20. The molecule has 1 aromatic carbocycles. The van der Waals surface area contributed by atoms with Gasteiger partial charge in [-0.3, -0.25) is 9.10 Å². The number of sulfonamides is 1. The molecule has 29 heavy (non-hydrogen) atoms. The van der Waals surface area contributed by atoms with Gasteiger partial charge in [-0.2, -0.15) is 0 Å². The highest BCUT2D eigenvalue weighted by Gasteiger charge is 2.35. The fourth-order valence-electron chi connectivity index (χ4n) is 3.20. The zero-order chi connectivity index (χ0) is 21.8. The second-order valence-corrected chi connectivity index (χ2v) is 8.86. The highest BCUT2D eigenvalue weighted by Crippen LogP contribution is 2.34. The molecule has 1 aromatic rings. The second-order valence-electron chi connectivity index (χ2n) is 6.56. The third kappa shape index (κ3) is 5.45. The van der Waals surface area contributed by atoms with Gasteiger partial charge in [-0.1, -0.05) is 11.6 Å². The summed E-state index contributed by atoms with van der Waals surface area (Å²) in [6.45, 7) is 4.72. The number of methoxy groups -OCH3 is 1. The van der Waals surface area contributed by atoms with Crippen LogP contribution in [0.15, 0.2) is 18.2 Å². The van der Waals surface area contributed by atoms with Crippen LogP contribution in [0.2, 0.25) is 5.02 Å². The fourth-order valence-corrected chi connectivity index (χ4v) is 4.53. The van der Waals surface area contributed by atoms with E-state index in [2.05, 4.69) is 0 Å². The Labute approximate surface area is 176 Å². The Morgan fingerprint density at radius 2 is 1.79 bits per heavy atom. The third-order valence-electron chi connectivity index (χ3n) is 4.56. The molecule has 1 heterocycles. The van der Waals surface area contributed by atoms with Crippen molar-refractivity contribution in [2.45, 2.75) is 19.9 Å². The van der Waals surface area contributed by atoms with Crippen LogP contribution in [0.25, 0.3) is 0 Å². The van der Waals surface area contributed by atoms with Gasteiger partial charge in [0, 0.05) is 31.2 Å². The molecule has 0 N–H and O–H groups in total. The van der Waals surface area contributed by atoms with Crippen molar-refractivity contribution in [3.8, 4) is 5.75 Å². The van der Waals surface area contributed by atoms with Crippen molar-refractivity contribution in [2.24, 2.45) is 0 Å². The molecule has 1 atom stereocenters. The number of halogens is 1. The molecule has 1 fully saturated rings. The summed E-state index contributed by atoms with van der Waals surface area (Å²) in [5.74, 6) is -0.0902. The topological polar surface area (TPSA) is 96.5 Å². The van der Waals surface area contributed by atoms with E-state index >= 15 is 0 Å². The molecule has 0 radical (unpaired) electrons. The molecule has 1 saturated heterocycles. The molecule has 0 spiro atoms. The highest BCUT2D eigenvalue weighted by atomic mass is 35.5. The van der Waals surface area contributed by atoms with Crippen molar-refractivity contribution in [3.63, 3.8) is 0 Å². The standard InChI is InChI=1S/C18H26ClN3O6S/c1-5-28-18(24)21-10-8-20(9-11-21)17(23)13(2)22(29(4,25)26)15-12-14(19)6-7-16(15)27-3/h6-7,12-13H,5,8-11H2,1-4H3/t13-/m1/s1. The maximum Gasteiger partial charge on any atom is 0.409 e. The normalized spacial score (nSPS) is 15.6. The van der Waals surface area contributed by atoms with Gasteiger partial charge in [-0.25, -0.2) is 13.2 Å². The first-order chi connectivity index (χ1) is 13.6. The van der Waals surface area contributed by atoms with Crippen molar-refractivity contribution in [1.82, 2.24) is 9.80 Å². The van der Waals surface area contributed by atoms with Crippen molar-refractivity contribution in [1.29, 1.82) is 0 Å². The number of nitrogens with zero attached hydrogens (tertiary/aromatic N) is 3. The summed E-state index contributed by atoms with van der Waals surface area (Å²) in [6.07, 6.45) is 0.601. The van der Waals surface area contributed by atoms with E-state index < -0.39 is 22.2 Å². The fraction of sp³-hybridized carbons (Fsp3) is 0.556. The SMILES string of the molecule is CCOC(=O)N1CCN(C(=O)[C@@H](C)N(c2cc(Cl)ccc2OC)S(C)(=O)=O)CC1. The summed E-state index contributed by atoms with van der Waals surface area (Å²) in [4.78, 5) is 27.9. The summed E-state index contributed by atoms with van der Waals surface area (Å²) < 4.78 is 36.3. The smallest absolute Gasteiger partial charge is 0.409 e. The molecule has 0 saturated carbocycles. The van der Waals surface area contributed by atoms with Crippen LogP contribution in [0.4, 0.5) is 10.5 Å². The van der Waals surface area contributed by atoms with Crippen molar-refractivity contribution in [2.75, 3.05) is 50.5 Å². The summed E-state index contributed by atoms with van der Waals surface area (Å²) in [7, 11) is -2.41. The Morgan fingerprint density at radius 1 is 1.21 bits per heavy atom. The summed E-state index contributed by atoms with van der Waals surface area (Å²) >= 11 is 6.05. The predicted octanol–water partition coefficient (Wildman–Crippen LogP) is 1.80.